The molecule has 1 aromatic heterocycles. The van der Waals surface area contributed by atoms with Gasteiger partial charge in [-0.1, -0.05) is 117 Å². The van der Waals surface area contributed by atoms with Gasteiger partial charge in [0.2, 0.25) is 0 Å². The molecule has 0 saturated carbocycles. The Morgan fingerprint density at radius 1 is 0.564 bits per heavy atom. The van der Waals surface area contributed by atoms with Crippen LogP contribution in [0.15, 0.2) is 108 Å². The smallest absolute Gasteiger partial charge is 0.164 e. The molecule has 0 amide bonds. The number of rotatable bonds is 6. The summed E-state index contributed by atoms with van der Waals surface area (Å²) in [4.78, 5) is 19.2. The second-order valence-corrected chi connectivity index (χ2v) is 10.6. The highest BCUT2D eigenvalue weighted by Crippen LogP contribution is 2.34. The molecule has 0 fully saturated rings. The summed E-state index contributed by atoms with van der Waals surface area (Å²) in [5, 5.41) is 0. The molecule has 1 aliphatic carbocycles. The summed E-state index contributed by atoms with van der Waals surface area (Å²) in [5.74, 6) is 2.10. The first-order chi connectivity index (χ1) is 19.1. The Balaban J connectivity index is 1.32. The van der Waals surface area contributed by atoms with Crippen molar-refractivity contribution in [1.29, 1.82) is 0 Å². The molecule has 6 rings (SSSR count). The van der Waals surface area contributed by atoms with E-state index in [9.17, 15) is 0 Å². The quantitative estimate of drug-likeness (QED) is 0.262. The minimum Gasteiger partial charge on any atom is -0.261 e. The van der Waals surface area contributed by atoms with E-state index in [0.29, 0.717) is 11.6 Å². The molecule has 1 aliphatic heterocycles. The maximum Gasteiger partial charge on any atom is 0.164 e. The Kier molecular flexibility index (Phi) is 6.85. The molecule has 0 unspecified atom stereocenters. The molecule has 4 nitrogen and oxygen atoms in total. The molecule has 4 aromatic rings. The predicted molar refractivity (Wildman–Crippen MR) is 161 cm³/mol. The Morgan fingerprint density at radius 2 is 1.15 bits per heavy atom. The van der Waals surface area contributed by atoms with E-state index >= 15 is 0 Å². The van der Waals surface area contributed by atoms with Crippen molar-refractivity contribution >= 4 is 17.5 Å². The van der Waals surface area contributed by atoms with Crippen molar-refractivity contribution in [2.24, 2.45) is 4.99 Å². The third kappa shape index (κ3) is 5.28. The van der Waals surface area contributed by atoms with Gasteiger partial charge in [0.15, 0.2) is 17.5 Å². The summed E-state index contributed by atoms with van der Waals surface area (Å²) < 4.78 is 0. The molecule has 2 aliphatic rings. The van der Waals surface area contributed by atoms with Crippen molar-refractivity contribution < 1.29 is 0 Å². The summed E-state index contributed by atoms with van der Waals surface area (Å²) in [6.45, 7) is 4.54. The van der Waals surface area contributed by atoms with E-state index in [-0.39, 0.29) is 5.41 Å². The van der Waals surface area contributed by atoms with Gasteiger partial charge in [0.05, 0.1) is 5.70 Å². The maximum atomic E-state index is 4.90. The van der Waals surface area contributed by atoms with Crippen LogP contribution in [0.3, 0.4) is 0 Å². The topological polar surface area (TPSA) is 51.0 Å². The summed E-state index contributed by atoms with van der Waals surface area (Å²) in [6, 6.07) is 27.6. The average molecular weight is 509 g/mol. The Morgan fingerprint density at radius 3 is 1.74 bits per heavy atom. The molecule has 39 heavy (non-hydrogen) atoms. The molecular weight excluding hydrogens is 476 g/mol. The molecule has 4 heteroatoms. The van der Waals surface area contributed by atoms with Crippen LogP contribution in [0.2, 0.25) is 0 Å². The summed E-state index contributed by atoms with van der Waals surface area (Å²) >= 11 is 0. The van der Waals surface area contributed by atoms with E-state index < -0.39 is 0 Å². The van der Waals surface area contributed by atoms with Crippen LogP contribution >= 0.6 is 0 Å². The predicted octanol–water partition coefficient (Wildman–Crippen LogP) is 8.47. The monoisotopic (exact) mass is 508 g/mol. The SMILES string of the molecule is CC(C)(c1ccc(C2=CCCC=N2)cc1)c1ccc(-c2nc(C3=CCCC=C3)nc(-c3ccccc3)n2)cc1. The highest BCUT2D eigenvalue weighted by molar-refractivity contribution is 5.76. The largest absolute Gasteiger partial charge is 0.261 e. The maximum absolute atomic E-state index is 4.90. The summed E-state index contributed by atoms with van der Waals surface area (Å²) in [7, 11) is 0. The van der Waals surface area contributed by atoms with Crippen molar-refractivity contribution in [2.45, 2.75) is 44.9 Å². The number of nitrogens with zero attached hydrogens (tertiary/aromatic N) is 4. The Bertz CT molecular complexity index is 1590. The van der Waals surface area contributed by atoms with E-state index in [1.807, 2.05) is 36.5 Å². The van der Waals surface area contributed by atoms with Gasteiger partial charge < -0.3 is 0 Å². The standard InChI is InChI=1S/C35H32N4/c1-35(2,29-20-16-25(17-21-29)31-15-9-10-24-36-31)30-22-18-28(19-23-30)34-38-32(26-11-5-3-6-12-26)37-33(39-34)27-13-7-4-8-14-27/h3,5-7,11-24H,4,8-10H2,1-2H3. The van der Waals surface area contributed by atoms with Crippen LogP contribution in [0.25, 0.3) is 34.0 Å². The average Bonchev–Trinajstić information content (AvgIpc) is 3.02. The van der Waals surface area contributed by atoms with E-state index in [1.165, 1.54) is 16.7 Å². The minimum absolute atomic E-state index is 0.154. The van der Waals surface area contributed by atoms with Crippen molar-refractivity contribution in [2.75, 3.05) is 0 Å². The number of hydrogen-bond donors (Lipinski definition) is 0. The van der Waals surface area contributed by atoms with Crippen LogP contribution in [-0.4, -0.2) is 21.2 Å². The second kappa shape index (κ2) is 10.7. The molecule has 0 N–H and O–H groups in total. The molecule has 0 atom stereocenters. The lowest BCUT2D eigenvalue weighted by Gasteiger charge is -2.26. The zero-order valence-corrected chi connectivity index (χ0v) is 22.5. The zero-order chi connectivity index (χ0) is 26.7. The van der Waals surface area contributed by atoms with E-state index in [1.54, 1.807) is 0 Å². The highest BCUT2D eigenvalue weighted by Gasteiger charge is 2.24. The van der Waals surface area contributed by atoms with Crippen LogP contribution in [0, 0.1) is 0 Å². The summed E-state index contributed by atoms with van der Waals surface area (Å²) in [5.41, 5.74) is 7.61. The molecule has 0 spiro atoms. The van der Waals surface area contributed by atoms with Gasteiger partial charge in [-0.15, -0.1) is 0 Å². The second-order valence-electron chi connectivity index (χ2n) is 10.6. The van der Waals surface area contributed by atoms with Gasteiger partial charge >= 0.3 is 0 Å². The van der Waals surface area contributed by atoms with E-state index in [4.69, 9.17) is 15.0 Å². The van der Waals surface area contributed by atoms with Crippen LogP contribution in [-0.2, 0) is 5.41 Å². The molecular formula is C35H32N4. The van der Waals surface area contributed by atoms with Crippen molar-refractivity contribution in [3.63, 3.8) is 0 Å². The van der Waals surface area contributed by atoms with Crippen molar-refractivity contribution in [3.05, 3.63) is 126 Å². The number of allylic oxidation sites excluding steroid dienone is 5. The molecule has 192 valence electrons. The zero-order valence-electron chi connectivity index (χ0n) is 22.5. The fourth-order valence-corrected chi connectivity index (χ4v) is 5.09. The molecule has 0 saturated heterocycles. The molecule has 0 radical (unpaired) electrons. The van der Waals surface area contributed by atoms with Gasteiger partial charge in [0.1, 0.15) is 0 Å². The van der Waals surface area contributed by atoms with Gasteiger partial charge in [0, 0.05) is 28.3 Å². The third-order valence-corrected chi connectivity index (χ3v) is 7.55. The van der Waals surface area contributed by atoms with Crippen LogP contribution < -0.4 is 0 Å². The highest BCUT2D eigenvalue weighted by atomic mass is 15.0. The Labute approximate surface area is 230 Å². The number of aliphatic imine (C=N–C) groups is 1. The molecule has 3 aromatic carbocycles. The van der Waals surface area contributed by atoms with Gasteiger partial charge in [-0.25, -0.2) is 15.0 Å². The van der Waals surface area contributed by atoms with Gasteiger partial charge in [-0.3, -0.25) is 4.99 Å². The van der Waals surface area contributed by atoms with Crippen LogP contribution in [0.4, 0.5) is 0 Å². The summed E-state index contributed by atoms with van der Waals surface area (Å²) in [6.07, 6.45) is 14.9. The molecule has 0 bridgehead atoms. The number of benzene rings is 3. The Hall–Kier alpha value is -4.44. The lowest BCUT2D eigenvalue weighted by atomic mass is 9.77. The lowest BCUT2D eigenvalue weighted by Crippen LogP contribution is -2.18. The van der Waals surface area contributed by atoms with E-state index in [2.05, 4.69) is 91.7 Å². The number of hydrogen-bond acceptors (Lipinski definition) is 4. The van der Waals surface area contributed by atoms with Gasteiger partial charge in [-0.05, 0) is 42.4 Å². The van der Waals surface area contributed by atoms with E-state index in [0.717, 1.165) is 53.9 Å². The van der Waals surface area contributed by atoms with Gasteiger partial charge in [-0.2, -0.15) is 0 Å². The normalized spacial score (nSPS) is 15.1. The first kappa shape index (κ1) is 24.9. The van der Waals surface area contributed by atoms with Crippen molar-refractivity contribution in [1.82, 2.24) is 15.0 Å². The lowest BCUT2D eigenvalue weighted by molar-refractivity contribution is 0.641. The number of aromatic nitrogens is 3. The fraction of sp³-hybridized carbons (Fsp3) is 0.200. The van der Waals surface area contributed by atoms with Crippen LogP contribution in [0.5, 0.6) is 0 Å². The first-order valence-corrected chi connectivity index (χ1v) is 13.7. The third-order valence-electron chi connectivity index (χ3n) is 7.55. The molecule has 2 heterocycles. The van der Waals surface area contributed by atoms with Crippen LogP contribution in [0.1, 0.15) is 62.0 Å². The van der Waals surface area contributed by atoms with Gasteiger partial charge in [0.25, 0.3) is 0 Å². The van der Waals surface area contributed by atoms with Crippen molar-refractivity contribution in [3.8, 4) is 22.8 Å². The first-order valence-electron chi connectivity index (χ1n) is 13.7. The fourth-order valence-electron chi connectivity index (χ4n) is 5.09. The minimum atomic E-state index is -0.154.